The first-order chi connectivity index (χ1) is 13.8. The Kier molecular flexibility index (Phi) is 6.79. The summed E-state index contributed by atoms with van der Waals surface area (Å²) in [5, 5.41) is 2.90. The Labute approximate surface area is 173 Å². The highest BCUT2D eigenvalue weighted by atomic mass is 32.2. The van der Waals surface area contributed by atoms with E-state index < -0.39 is 10.0 Å². The third-order valence-corrected chi connectivity index (χ3v) is 6.27. The summed E-state index contributed by atoms with van der Waals surface area (Å²) in [4.78, 5) is 14.6. The van der Waals surface area contributed by atoms with Crippen LogP contribution in [0.25, 0.3) is 0 Å². The standard InChI is InChI=1S/C22H29N3O3S/c1-18-7-5-8-21(17-18)25(29(2,27)28)16-6-9-22(26)23-19-10-12-20(13-11-19)24-14-3-4-15-24/h5,7-8,10-13,17H,3-4,6,9,14-16H2,1-2H3,(H,23,26). The van der Waals surface area contributed by atoms with Crippen molar-refractivity contribution < 1.29 is 13.2 Å². The first-order valence-electron chi connectivity index (χ1n) is 10.0. The van der Waals surface area contributed by atoms with Gasteiger partial charge in [-0.3, -0.25) is 9.10 Å². The largest absolute Gasteiger partial charge is 0.372 e. The summed E-state index contributed by atoms with van der Waals surface area (Å²) in [6, 6.07) is 15.3. The summed E-state index contributed by atoms with van der Waals surface area (Å²) in [7, 11) is -3.41. The predicted molar refractivity (Wildman–Crippen MR) is 119 cm³/mol. The van der Waals surface area contributed by atoms with Crippen LogP contribution in [-0.4, -0.2) is 40.2 Å². The predicted octanol–water partition coefficient (Wildman–Crippen LogP) is 3.78. The SMILES string of the molecule is Cc1cccc(N(CCCC(=O)Nc2ccc(N3CCCC3)cc2)S(C)(=O)=O)c1. The topological polar surface area (TPSA) is 69.7 Å². The molecule has 0 radical (unpaired) electrons. The van der Waals surface area contributed by atoms with Gasteiger partial charge in [-0.15, -0.1) is 0 Å². The number of aryl methyl sites for hydroxylation is 1. The second kappa shape index (κ2) is 9.31. The molecule has 156 valence electrons. The number of hydrogen-bond donors (Lipinski definition) is 1. The van der Waals surface area contributed by atoms with Crippen LogP contribution in [0.5, 0.6) is 0 Å². The van der Waals surface area contributed by atoms with Gasteiger partial charge in [0, 0.05) is 37.4 Å². The number of benzene rings is 2. The van der Waals surface area contributed by atoms with Gasteiger partial charge in [-0.25, -0.2) is 8.42 Å². The van der Waals surface area contributed by atoms with E-state index in [1.165, 1.54) is 29.1 Å². The van der Waals surface area contributed by atoms with E-state index >= 15 is 0 Å². The summed E-state index contributed by atoms with van der Waals surface area (Å²) >= 11 is 0. The molecule has 1 N–H and O–H groups in total. The molecule has 29 heavy (non-hydrogen) atoms. The molecule has 0 aliphatic carbocycles. The first kappa shape index (κ1) is 21.2. The fourth-order valence-electron chi connectivity index (χ4n) is 3.61. The first-order valence-corrected chi connectivity index (χ1v) is 11.9. The lowest BCUT2D eigenvalue weighted by Gasteiger charge is -2.22. The van der Waals surface area contributed by atoms with Gasteiger partial charge in [0.15, 0.2) is 0 Å². The van der Waals surface area contributed by atoms with Crippen molar-refractivity contribution in [1.29, 1.82) is 0 Å². The summed E-state index contributed by atoms with van der Waals surface area (Å²) < 4.78 is 25.7. The monoisotopic (exact) mass is 415 g/mol. The molecule has 0 saturated carbocycles. The Bertz CT molecular complexity index is 936. The highest BCUT2D eigenvalue weighted by Gasteiger charge is 2.18. The van der Waals surface area contributed by atoms with Crippen LogP contribution in [0.4, 0.5) is 17.1 Å². The zero-order valence-electron chi connectivity index (χ0n) is 17.1. The number of nitrogens with zero attached hydrogens (tertiary/aromatic N) is 2. The number of sulfonamides is 1. The van der Waals surface area contributed by atoms with E-state index in [9.17, 15) is 13.2 Å². The Morgan fingerprint density at radius 2 is 1.79 bits per heavy atom. The van der Waals surface area contributed by atoms with Crippen LogP contribution in [0.3, 0.4) is 0 Å². The molecule has 6 nitrogen and oxygen atoms in total. The van der Waals surface area contributed by atoms with Gasteiger partial charge >= 0.3 is 0 Å². The van der Waals surface area contributed by atoms with Gasteiger partial charge in [0.1, 0.15) is 0 Å². The minimum atomic E-state index is -3.41. The van der Waals surface area contributed by atoms with Crippen molar-refractivity contribution in [3.05, 3.63) is 54.1 Å². The fourth-order valence-corrected chi connectivity index (χ4v) is 4.56. The van der Waals surface area contributed by atoms with Crippen molar-refractivity contribution in [2.75, 3.05) is 40.4 Å². The zero-order chi connectivity index (χ0) is 20.9. The number of amides is 1. The number of carbonyl (C=O) groups excluding carboxylic acids is 1. The fraction of sp³-hybridized carbons (Fsp3) is 0.409. The molecule has 1 heterocycles. The van der Waals surface area contributed by atoms with E-state index in [1.807, 2.05) is 49.4 Å². The van der Waals surface area contributed by atoms with Gasteiger partial charge in [0.2, 0.25) is 15.9 Å². The molecule has 1 aliphatic heterocycles. The van der Waals surface area contributed by atoms with E-state index in [0.29, 0.717) is 12.1 Å². The second-order valence-corrected chi connectivity index (χ2v) is 9.47. The maximum atomic E-state index is 12.3. The Hall–Kier alpha value is -2.54. The summed E-state index contributed by atoms with van der Waals surface area (Å²) in [6.45, 7) is 4.36. The third kappa shape index (κ3) is 5.97. The van der Waals surface area contributed by atoms with Crippen LogP contribution in [0.1, 0.15) is 31.2 Å². The van der Waals surface area contributed by atoms with E-state index in [2.05, 4.69) is 10.2 Å². The lowest BCUT2D eigenvalue weighted by molar-refractivity contribution is -0.116. The van der Waals surface area contributed by atoms with Crippen LogP contribution in [0.15, 0.2) is 48.5 Å². The minimum absolute atomic E-state index is 0.114. The molecule has 7 heteroatoms. The summed E-state index contributed by atoms with van der Waals surface area (Å²) in [5.41, 5.74) is 3.57. The van der Waals surface area contributed by atoms with Gasteiger partial charge in [-0.2, -0.15) is 0 Å². The lowest BCUT2D eigenvalue weighted by atomic mass is 10.2. The van der Waals surface area contributed by atoms with Gasteiger partial charge in [-0.05, 0) is 68.1 Å². The van der Waals surface area contributed by atoms with Crippen LogP contribution in [0, 0.1) is 6.92 Å². The molecular weight excluding hydrogens is 386 g/mol. The van der Waals surface area contributed by atoms with Gasteiger partial charge in [0.05, 0.1) is 11.9 Å². The van der Waals surface area contributed by atoms with Crippen LogP contribution in [-0.2, 0) is 14.8 Å². The zero-order valence-corrected chi connectivity index (χ0v) is 17.9. The maximum Gasteiger partial charge on any atom is 0.232 e. The van der Waals surface area contributed by atoms with E-state index in [-0.39, 0.29) is 18.9 Å². The Morgan fingerprint density at radius 1 is 1.10 bits per heavy atom. The van der Waals surface area contributed by atoms with Crippen molar-refractivity contribution in [2.45, 2.75) is 32.6 Å². The molecule has 2 aromatic rings. The highest BCUT2D eigenvalue weighted by molar-refractivity contribution is 7.92. The Morgan fingerprint density at radius 3 is 2.41 bits per heavy atom. The van der Waals surface area contributed by atoms with E-state index in [0.717, 1.165) is 24.3 Å². The molecule has 0 aromatic heterocycles. The highest BCUT2D eigenvalue weighted by Crippen LogP contribution is 2.22. The second-order valence-electron chi connectivity index (χ2n) is 7.57. The maximum absolute atomic E-state index is 12.3. The molecule has 3 rings (SSSR count). The van der Waals surface area contributed by atoms with Gasteiger partial charge < -0.3 is 10.2 Å². The van der Waals surface area contributed by atoms with E-state index in [4.69, 9.17) is 0 Å². The molecule has 1 saturated heterocycles. The number of anilines is 3. The van der Waals surface area contributed by atoms with Gasteiger partial charge in [0.25, 0.3) is 0 Å². The Balaban J connectivity index is 1.52. The molecule has 0 bridgehead atoms. The van der Waals surface area contributed by atoms with Crippen LogP contribution in [0.2, 0.25) is 0 Å². The number of carbonyl (C=O) groups is 1. The van der Waals surface area contributed by atoms with Crippen molar-refractivity contribution in [2.24, 2.45) is 0 Å². The average molecular weight is 416 g/mol. The van der Waals surface area contributed by atoms with Crippen molar-refractivity contribution in [3.8, 4) is 0 Å². The van der Waals surface area contributed by atoms with Crippen LogP contribution < -0.4 is 14.5 Å². The number of nitrogens with one attached hydrogen (secondary N) is 1. The lowest BCUT2D eigenvalue weighted by Crippen LogP contribution is -2.31. The van der Waals surface area contributed by atoms with Crippen molar-refractivity contribution >= 4 is 33.0 Å². The molecule has 1 aliphatic rings. The number of rotatable bonds is 8. The average Bonchev–Trinajstić information content (AvgIpc) is 3.19. The molecule has 1 fully saturated rings. The molecule has 0 spiro atoms. The van der Waals surface area contributed by atoms with Gasteiger partial charge in [-0.1, -0.05) is 12.1 Å². The van der Waals surface area contributed by atoms with Crippen molar-refractivity contribution in [1.82, 2.24) is 0 Å². The quantitative estimate of drug-likeness (QED) is 0.712. The number of hydrogen-bond acceptors (Lipinski definition) is 4. The molecule has 2 aromatic carbocycles. The normalized spacial score (nSPS) is 14.1. The molecule has 1 amide bonds. The summed E-state index contributed by atoms with van der Waals surface area (Å²) in [5.74, 6) is -0.114. The molecule has 0 unspecified atom stereocenters. The van der Waals surface area contributed by atoms with Crippen LogP contribution >= 0.6 is 0 Å². The summed E-state index contributed by atoms with van der Waals surface area (Å²) in [6.07, 6.45) is 4.35. The molecule has 0 atom stereocenters. The minimum Gasteiger partial charge on any atom is -0.372 e. The van der Waals surface area contributed by atoms with Crippen molar-refractivity contribution in [3.63, 3.8) is 0 Å². The van der Waals surface area contributed by atoms with E-state index in [1.54, 1.807) is 6.07 Å². The third-order valence-electron chi connectivity index (χ3n) is 5.08. The smallest absolute Gasteiger partial charge is 0.232 e. The molecular formula is C22H29N3O3S.